The predicted molar refractivity (Wildman–Crippen MR) is 124 cm³/mol. The number of carbonyl (C=O) groups is 1. The standard InChI is InChI=1S/C25H25FN4O/c1-19(31)25(30-17-15-29(16-18-30)24-13-9-22(26)10-14-24)28-27-23-11-7-21(8-12-23)20-5-3-2-4-6-20/h2-14,27H,15-18H2,1H3. The Morgan fingerprint density at radius 2 is 1.45 bits per heavy atom. The van der Waals surface area contributed by atoms with Gasteiger partial charge in [0.15, 0.2) is 11.6 Å². The van der Waals surface area contributed by atoms with E-state index in [1.54, 1.807) is 12.1 Å². The van der Waals surface area contributed by atoms with E-state index in [1.165, 1.54) is 19.1 Å². The Morgan fingerprint density at radius 3 is 2.06 bits per heavy atom. The van der Waals surface area contributed by atoms with Crippen molar-refractivity contribution < 1.29 is 9.18 Å². The summed E-state index contributed by atoms with van der Waals surface area (Å²) in [6, 6.07) is 24.6. The first kappa shape index (κ1) is 20.6. The molecule has 3 aromatic rings. The van der Waals surface area contributed by atoms with Gasteiger partial charge in [-0.2, -0.15) is 5.10 Å². The number of piperazine rings is 1. The summed E-state index contributed by atoms with van der Waals surface area (Å²) >= 11 is 0. The van der Waals surface area contributed by atoms with Crippen LogP contribution < -0.4 is 10.3 Å². The molecule has 1 fully saturated rings. The molecule has 31 heavy (non-hydrogen) atoms. The molecule has 5 nitrogen and oxygen atoms in total. The molecule has 1 saturated heterocycles. The summed E-state index contributed by atoms with van der Waals surface area (Å²) in [5.41, 5.74) is 7.11. The molecule has 1 aliphatic heterocycles. The summed E-state index contributed by atoms with van der Waals surface area (Å²) in [4.78, 5) is 16.4. The van der Waals surface area contributed by atoms with Gasteiger partial charge in [-0.3, -0.25) is 10.2 Å². The molecule has 0 aliphatic carbocycles. The van der Waals surface area contributed by atoms with Crippen molar-refractivity contribution in [3.63, 3.8) is 0 Å². The predicted octanol–water partition coefficient (Wildman–Crippen LogP) is 4.63. The van der Waals surface area contributed by atoms with Crippen LogP contribution in [0, 0.1) is 5.82 Å². The molecule has 0 saturated carbocycles. The topological polar surface area (TPSA) is 47.9 Å². The fourth-order valence-corrected chi connectivity index (χ4v) is 3.69. The van der Waals surface area contributed by atoms with Crippen LogP contribution in [0.4, 0.5) is 15.8 Å². The first-order chi connectivity index (χ1) is 15.1. The molecule has 0 aromatic heterocycles. The van der Waals surface area contributed by atoms with Crippen LogP contribution >= 0.6 is 0 Å². The summed E-state index contributed by atoms with van der Waals surface area (Å²) < 4.78 is 13.2. The Kier molecular flexibility index (Phi) is 6.26. The first-order valence-electron chi connectivity index (χ1n) is 10.4. The SMILES string of the molecule is CC(=O)C(=NNc1ccc(-c2ccccc2)cc1)N1CCN(c2ccc(F)cc2)CC1. The number of rotatable bonds is 5. The minimum atomic E-state index is -0.240. The normalized spacial score (nSPS) is 14.5. The highest BCUT2D eigenvalue weighted by Crippen LogP contribution is 2.21. The van der Waals surface area contributed by atoms with Crippen molar-refractivity contribution in [3.05, 3.63) is 84.7 Å². The number of hydrazone groups is 1. The van der Waals surface area contributed by atoms with E-state index in [4.69, 9.17) is 0 Å². The zero-order valence-corrected chi connectivity index (χ0v) is 17.5. The number of hydrogen-bond acceptors (Lipinski definition) is 4. The van der Waals surface area contributed by atoms with Crippen LogP contribution in [0.1, 0.15) is 6.92 Å². The van der Waals surface area contributed by atoms with Crippen molar-refractivity contribution in [2.45, 2.75) is 6.92 Å². The average molecular weight is 417 g/mol. The first-order valence-corrected chi connectivity index (χ1v) is 10.4. The Hall–Kier alpha value is -3.67. The summed E-state index contributed by atoms with van der Waals surface area (Å²) in [5, 5.41) is 4.40. The number of Topliss-reactive ketones (excluding diaryl/α,β-unsaturated/α-hetero) is 1. The van der Waals surface area contributed by atoms with Gasteiger partial charge in [0.05, 0.1) is 5.69 Å². The number of benzene rings is 3. The second-order valence-electron chi connectivity index (χ2n) is 7.50. The number of hydrogen-bond donors (Lipinski definition) is 1. The molecular weight excluding hydrogens is 391 g/mol. The Bertz CT molecular complexity index is 1040. The molecule has 0 spiro atoms. The second-order valence-corrected chi connectivity index (χ2v) is 7.50. The maximum absolute atomic E-state index is 13.2. The van der Waals surface area contributed by atoms with Gasteiger partial charge in [-0.1, -0.05) is 42.5 Å². The lowest BCUT2D eigenvalue weighted by Gasteiger charge is -2.37. The molecule has 0 atom stereocenters. The third-order valence-electron chi connectivity index (χ3n) is 5.37. The summed E-state index contributed by atoms with van der Waals surface area (Å²) in [7, 11) is 0. The van der Waals surface area contributed by atoms with E-state index in [2.05, 4.69) is 27.6 Å². The second kappa shape index (κ2) is 9.43. The number of amidine groups is 1. The van der Waals surface area contributed by atoms with Gasteiger partial charge in [-0.05, 0) is 47.5 Å². The Labute approximate surface area is 181 Å². The van der Waals surface area contributed by atoms with Gasteiger partial charge in [0, 0.05) is 38.8 Å². The van der Waals surface area contributed by atoms with Crippen LogP contribution in [0.2, 0.25) is 0 Å². The highest BCUT2D eigenvalue weighted by molar-refractivity contribution is 6.37. The molecule has 0 unspecified atom stereocenters. The molecule has 0 bridgehead atoms. The molecule has 1 heterocycles. The van der Waals surface area contributed by atoms with Gasteiger partial charge in [0.2, 0.25) is 0 Å². The van der Waals surface area contributed by atoms with Crippen LogP contribution in [0.25, 0.3) is 11.1 Å². The quantitative estimate of drug-likeness (QED) is 0.374. The average Bonchev–Trinajstić information content (AvgIpc) is 2.81. The molecule has 0 radical (unpaired) electrons. The fourth-order valence-electron chi connectivity index (χ4n) is 3.69. The van der Waals surface area contributed by atoms with Crippen LogP contribution in [-0.2, 0) is 4.79 Å². The van der Waals surface area contributed by atoms with Crippen molar-refractivity contribution >= 4 is 23.0 Å². The van der Waals surface area contributed by atoms with Crippen molar-refractivity contribution in [2.24, 2.45) is 5.10 Å². The number of ketones is 1. The molecule has 3 aromatic carbocycles. The third kappa shape index (κ3) is 5.09. The smallest absolute Gasteiger partial charge is 0.196 e. The number of halogens is 1. The van der Waals surface area contributed by atoms with E-state index in [9.17, 15) is 9.18 Å². The van der Waals surface area contributed by atoms with Gasteiger partial charge in [0.25, 0.3) is 0 Å². The third-order valence-corrected chi connectivity index (χ3v) is 5.37. The van der Waals surface area contributed by atoms with Crippen molar-refractivity contribution in [1.29, 1.82) is 0 Å². The number of carbonyl (C=O) groups excluding carboxylic acids is 1. The maximum atomic E-state index is 13.2. The zero-order chi connectivity index (χ0) is 21.6. The van der Waals surface area contributed by atoms with E-state index in [0.29, 0.717) is 18.9 Å². The monoisotopic (exact) mass is 416 g/mol. The largest absolute Gasteiger partial charge is 0.368 e. The zero-order valence-electron chi connectivity index (χ0n) is 17.5. The van der Waals surface area contributed by atoms with Crippen LogP contribution in [0.5, 0.6) is 0 Å². The van der Waals surface area contributed by atoms with E-state index in [1.807, 2.05) is 47.4 Å². The molecule has 158 valence electrons. The van der Waals surface area contributed by atoms with Crippen LogP contribution in [0.15, 0.2) is 84.0 Å². The number of anilines is 2. The maximum Gasteiger partial charge on any atom is 0.196 e. The van der Waals surface area contributed by atoms with E-state index >= 15 is 0 Å². The number of nitrogens with one attached hydrogen (secondary N) is 1. The van der Waals surface area contributed by atoms with Crippen molar-refractivity contribution in [1.82, 2.24) is 4.90 Å². The Balaban J connectivity index is 1.40. The minimum Gasteiger partial charge on any atom is -0.368 e. The molecule has 1 N–H and O–H groups in total. The molecule has 1 aliphatic rings. The minimum absolute atomic E-state index is 0.0800. The Morgan fingerprint density at radius 1 is 0.839 bits per heavy atom. The van der Waals surface area contributed by atoms with Crippen LogP contribution in [-0.4, -0.2) is 42.7 Å². The molecule has 0 amide bonds. The fraction of sp³-hybridized carbons (Fsp3) is 0.200. The van der Waals surface area contributed by atoms with E-state index < -0.39 is 0 Å². The molecule has 6 heteroatoms. The van der Waals surface area contributed by atoms with Gasteiger partial charge < -0.3 is 9.80 Å². The van der Waals surface area contributed by atoms with Gasteiger partial charge in [0.1, 0.15) is 5.82 Å². The van der Waals surface area contributed by atoms with Gasteiger partial charge in [-0.25, -0.2) is 4.39 Å². The summed E-state index contributed by atoms with van der Waals surface area (Å²) in [6.45, 7) is 4.35. The summed E-state index contributed by atoms with van der Waals surface area (Å²) in [6.07, 6.45) is 0. The lowest BCUT2D eigenvalue weighted by Crippen LogP contribution is -2.50. The van der Waals surface area contributed by atoms with E-state index in [-0.39, 0.29) is 11.6 Å². The highest BCUT2D eigenvalue weighted by Gasteiger charge is 2.22. The summed E-state index contributed by atoms with van der Waals surface area (Å²) in [5.74, 6) is 0.103. The highest BCUT2D eigenvalue weighted by atomic mass is 19.1. The van der Waals surface area contributed by atoms with Gasteiger partial charge >= 0.3 is 0 Å². The van der Waals surface area contributed by atoms with Crippen molar-refractivity contribution in [2.75, 3.05) is 36.5 Å². The number of nitrogens with zero attached hydrogens (tertiary/aromatic N) is 3. The van der Waals surface area contributed by atoms with E-state index in [0.717, 1.165) is 35.6 Å². The van der Waals surface area contributed by atoms with Crippen LogP contribution in [0.3, 0.4) is 0 Å². The lowest BCUT2D eigenvalue weighted by molar-refractivity contribution is -0.111. The van der Waals surface area contributed by atoms with Gasteiger partial charge in [-0.15, -0.1) is 0 Å². The lowest BCUT2D eigenvalue weighted by atomic mass is 10.1. The molecule has 4 rings (SSSR count). The van der Waals surface area contributed by atoms with Crippen molar-refractivity contribution in [3.8, 4) is 11.1 Å². The molecular formula is C25H25FN4O.